The van der Waals surface area contributed by atoms with Gasteiger partial charge < -0.3 is 28.9 Å². The molecule has 3 nitrogen and oxygen atoms in total. The molecule has 3 heterocycles. The molecule has 2 aromatic heterocycles. The summed E-state index contributed by atoms with van der Waals surface area (Å²) in [5.74, 6) is 0. The first-order valence-electron chi connectivity index (χ1n) is 9.17. The predicted octanol–water partition coefficient (Wildman–Crippen LogP) is 2.64. The van der Waals surface area contributed by atoms with Gasteiger partial charge in [-0.1, -0.05) is 17.8 Å². The Hall–Kier alpha value is -1.90. The minimum absolute atomic E-state index is 0. The molecule has 0 bridgehead atoms. The van der Waals surface area contributed by atoms with Crippen LogP contribution in [0.2, 0.25) is 0 Å². The smallest absolute Gasteiger partial charge is 0.169 e. The van der Waals surface area contributed by atoms with Crippen molar-refractivity contribution in [2.45, 2.75) is 11.8 Å². The first-order valence-corrected chi connectivity index (χ1v) is 10.8. The maximum absolute atomic E-state index is 4.84. The molecule has 0 N–H and O–H groups in total. The number of aromatic nitrogens is 2. The average molecular weight is 529 g/mol. The zero-order valence-electron chi connectivity index (χ0n) is 16.4. The van der Waals surface area contributed by atoms with E-state index in [1.54, 1.807) is 11.3 Å². The second-order valence-electron chi connectivity index (χ2n) is 7.11. The molecule has 0 atom stereocenters. The summed E-state index contributed by atoms with van der Waals surface area (Å²) in [6.07, 6.45) is 6.39. The van der Waals surface area contributed by atoms with Gasteiger partial charge in [0, 0.05) is 29.6 Å². The van der Waals surface area contributed by atoms with Gasteiger partial charge in [-0.05, 0) is 54.5 Å². The van der Waals surface area contributed by atoms with Crippen LogP contribution in [0.25, 0.3) is 26.9 Å². The number of hydrogen-bond donors (Lipinski definition) is 0. The van der Waals surface area contributed by atoms with Gasteiger partial charge in [0.25, 0.3) is 0 Å². The Morgan fingerprint density at radius 3 is 2.62 bits per heavy atom. The number of pyridine rings is 1. The Balaban J connectivity index is 0.00000205. The SMILES string of the molecule is Cc1ccc2nc(-c3ccc4c(c3)SC(=Cc3cc[n+](C)cc3)N4C)sc2c1.[I-]. The highest BCUT2D eigenvalue weighted by Crippen LogP contribution is 2.47. The zero-order valence-corrected chi connectivity index (χ0v) is 20.2. The fourth-order valence-corrected chi connectivity index (χ4v) is 5.55. The lowest BCUT2D eigenvalue weighted by atomic mass is 10.2. The van der Waals surface area contributed by atoms with E-state index in [9.17, 15) is 0 Å². The van der Waals surface area contributed by atoms with E-state index in [0.717, 1.165) is 10.5 Å². The second-order valence-corrected chi connectivity index (χ2v) is 9.21. The van der Waals surface area contributed by atoms with Gasteiger partial charge in [-0.3, -0.25) is 0 Å². The van der Waals surface area contributed by atoms with Crippen molar-refractivity contribution < 1.29 is 28.5 Å². The molecule has 6 heteroatoms. The summed E-state index contributed by atoms with van der Waals surface area (Å²) in [5.41, 5.74) is 6.00. The largest absolute Gasteiger partial charge is 1.00 e. The summed E-state index contributed by atoms with van der Waals surface area (Å²) in [4.78, 5) is 8.39. The van der Waals surface area contributed by atoms with E-state index < -0.39 is 0 Å². The van der Waals surface area contributed by atoms with Crippen LogP contribution in [-0.2, 0) is 7.05 Å². The second kappa shape index (κ2) is 8.08. The highest BCUT2D eigenvalue weighted by molar-refractivity contribution is 8.03. The van der Waals surface area contributed by atoms with E-state index in [0.29, 0.717) is 0 Å². The molecule has 0 radical (unpaired) electrons. The van der Waals surface area contributed by atoms with Crippen LogP contribution in [0.15, 0.2) is 70.8 Å². The summed E-state index contributed by atoms with van der Waals surface area (Å²) in [5, 5.41) is 2.32. The van der Waals surface area contributed by atoms with E-state index in [2.05, 4.69) is 85.9 Å². The Bertz CT molecular complexity index is 1230. The third-order valence-electron chi connectivity index (χ3n) is 4.95. The summed E-state index contributed by atoms with van der Waals surface area (Å²) >= 11 is 3.58. The average Bonchev–Trinajstić information content (AvgIpc) is 3.24. The van der Waals surface area contributed by atoms with Crippen LogP contribution in [0.4, 0.5) is 5.69 Å². The molecule has 1 aliphatic rings. The van der Waals surface area contributed by atoms with Crippen LogP contribution in [0.1, 0.15) is 11.1 Å². The first kappa shape index (κ1) is 20.4. The molecule has 0 saturated carbocycles. The standard InChI is InChI=1S/C23H20N3S2.HI/c1-15-4-6-18-20(12-15)28-23(24-18)17-5-7-19-21(14-17)27-22(26(19)3)13-16-8-10-25(2)11-9-16;/h4-14H,1-3H3;1H/q+1;/p-1. The van der Waals surface area contributed by atoms with E-state index in [-0.39, 0.29) is 24.0 Å². The lowest BCUT2D eigenvalue weighted by molar-refractivity contribution is -0.671. The topological polar surface area (TPSA) is 20.0 Å². The number of benzene rings is 2. The van der Waals surface area contributed by atoms with E-state index in [1.807, 2.05) is 23.4 Å². The molecule has 1 aliphatic heterocycles. The van der Waals surface area contributed by atoms with Crippen molar-refractivity contribution in [2.75, 3.05) is 11.9 Å². The molecule has 0 spiro atoms. The molecule has 4 aromatic rings. The normalized spacial score (nSPS) is 14.3. The van der Waals surface area contributed by atoms with Crippen molar-refractivity contribution in [3.05, 3.63) is 77.1 Å². The minimum Gasteiger partial charge on any atom is -1.00 e. The Labute approximate surface area is 196 Å². The molecule has 146 valence electrons. The number of rotatable bonds is 2. The number of anilines is 1. The van der Waals surface area contributed by atoms with Gasteiger partial charge in [-0.25, -0.2) is 9.55 Å². The number of fused-ring (bicyclic) bond motifs is 2. The molecule has 29 heavy (non-hydrogen) atoms. The Morgan fingerprint density at radius 1 is 1.03 bits per heavy atom. The van der Waals surface area contributed by atoms with Crippen LogP contribution in [-0.4, -0.2) is 12.0 Å². The van der Waals surface area contributed by atoms with Crippen LogP contribution in [0, 0.1) is 6.92 Å². The summed E-state index contributed by atoms with van der Waals surface area (Å²) in [7, 11) is 4.17. The van der Waals surface area contributed by atoms with Gasteiger partial charge in [0.05, 0.1) is 20.9 Å². The fourth-order valence-electron chi connectivity index (χ4n) is 3.34. The lowest BCUT2D eigenvalue weighted by Gasteiger charge is -2.13. The quantitative estimate of drug-likeness (QED) is 0.294. The van der Waals surface area contributed by atoms with Gasteiger partial charge in [-0.2, -0.15) is 0 Å². The molecule has 0 aliphatic carbocycles. The molecule has 0 fully saturated rings. The summed E-state index contributed by atoms with van der Waals surface area (Å²) < 4.78 is 3.30. The van der Waals surface area contributed by atoms with Gasteiger partial charge in [0.1, 0.15) is 12.1 Å². The van der Waals surface area contributed by atoms with E-state index in [4.69, 9.17) is 4.98 Å². The number of thioether (sulfide) groups is 1. The van der Waals surface area contributed by atoms with Crippen molar-refractivity contribution in [2.24, 2.45) is 7.05 Å². The Morgan fingerprint density at radius 2 is 1.83 bits per heavy atom. The van der Waals surface area contributed by atoms with Gasteiger partial charge in [0.2, 0.25) is 0 Å². The fraction of sp³-hybridized carbons (Fsp3) is 0.130. The highest BCUT2D eigenvalue weighted by atomic mass is 127. The Kier molecular flexibility index (Phi) is 5.68. The van der Waals surface area contributed by atoms with Crippen molar-refractivity contribution in [3.8, 4) is 10.6 Å². The van der Waals surface area contributed by atoms with Gasteiger partial charge in [-0.15, -0.1) is 11.3 Å². The number of nitrogens with zero attached hydrogens (tertiary/aromatic N) is 3. The summed E-state index contributed by atoms with van der Waals surface area (Å²) in [6.45, 7) is 2.13. The maximum Gasteiger partial charge on any atom is 0.169 e. The van der Waals surface area contributed by atoms with Crippen molar-refractivity contribution in [1.29, 1.82) is 0 Å². The van der Waals surface area contributed by atoms with Gasteiger partial charge >= 0.3 is 0 Å². The molecule has 5 rings (SSSR count). The molecule has 0 unspecified atom stereocenters. The van der Waals surface area contributed by atoms with Crippen molar-refractivity contribution in [3.63, 3.8) is 0 Å². The van der Waals surface area contributed by atoms with E-state index >= 15 is 0 Å². The third-order valence-corrected chi connectivity index (χ3v) is 7.17. The lowest BCUT2D eigenvalue weighted by Crippen LogP contribution is -3.00. The van der Waals surface area contributed by atoms with E-state index in [1.165, 1.54) is 37.0 Å². The van der Waals surface area contributed by atoms with Crippen molar-refractivity contribution in [1.82, 2.24) is 4.98 Å². The first-order chi connectivity index (χ1) is 13.6. The molecule has 0 amide bonds. The summed E-state index contributed by atoms with van der Waals surface area (Å²) in [6, 6.07) is 17.4. The number of thiazole rings is 1. The number of halogens is 1. The molecular weight excluding hydrogens is 509 g/mol. The molecular formula is C23H20IN3S2. The maximum atomic E-state index is 4.84. The monoisotopic (exact) mass is 529 g/mol. The minimum atomic E-state index is 0. The number of aryl methyl sites for hydroxylation is 2. The highest BCUT2D eigenvalue weighted by Gasteiger charge is 2.23. The van der Waals surface area contributed by atoms with Crippen LogP contribution in [0.5, 0.6) is 0 Å². The predicted molar refractivity (Wildman–Crippen MR) is 120 cm³/mol. The van der Waals surface area contributed by atoms with Crippen LogP contribution in [0.3, 0.4) is 0 Å². The zero-order chi connectivity index (χ0) is 19.3. The number of hydrogen-bond acceptors (Lipinski definition) is 4. The van der Waals surface area contributed by atoms with Crippen molar-refractivity contribution >= 4 is 45.1 Å². The van der Waals surface area contributed by atoms with Gasteiger partial charge in [0.15, 0.2) is 12.4 Å². The van der Waals surface area contributed by atoms with Crippen LogP contribution < -0.4 is 33.4 Å². The molecule has 2 aromatic carbocycles. The third kappa shape index (κ3) is 3.93. The van der Waals surface area contributed by atoms with Crippen LogP contribution >= 0.6 is 23.1 Å². The molecule has 0 saturated heterocycles.